The molecule has 5 heteroatoms. The Morgan fingerprint density at radius 2 is 0.609 bits per heavy atom. The Kier molecular flexibility index (Phi) is 21.2. The molecule has 0 heterocycles. The van der Waals surface area contributed by atoms with E-state index < -0.39 is 13.5 Å². The van der Waals surface area contributed by atoms with Crippen LogP contribution >= 0.6 is 35.2 Å². The predicted molar refractivity (Wildman–Crippen MR) is 211 cm³/mol. The Labute approximate surface area is 303 Å². The van der Waals surface area contributed by atoms with Crippen LogP contribution in [0.25, 0.3) is 0 Å². The fourth-order valence-corrected chi connectivity index (χ4v) is 20.9. The van der Waals surface area contributed by atoms with Gasteiger partial charge in [-0.05, 0) is 111 Å². The van der Waals surface area contributed by atoms with E-state index in [4.69, 9.17) is 19.4 Å². The van der Waals surface area contributed by atoms with Crippen molar-refractivity contribution in [2.24, 2.45) is 5.92 Å². The molecule has 6 rings (SSSR count). The third-order valence-corrected chi connectivity index (χ3v) is 22.2. The third kappa shape index (κ3) is 14.8. The zero-order chi connectivity index (χ0) is 32.4. The molecule has 6 aliphatic rings. The van der Waals surface area contributed by atoms with Gasteiger partial charge in [-0.3, -0.25) is 0 Å². The van der Waals surface area contributed by atoms with Gasteiger partial charge in [0.1, 0.15) is 0 Å². The molecule has 0 N–H and O–H groups in total. The molecule has 6 saturated carbocycles. The van der Waals surface area contributed by atoms with Gasteiger partial charge in [0, 0.05) is 0 Å². The first kappa shape index (κ1) is 40.5. The fraction of sp³-hybridized carbons (Fsp3) is 0.951. The van der Waals surface area contributed by atoms with Crippen LogP contribution in [0.2, 0.25) is 0 Å². The SMILES string of the molecule is C1CCC(P(C2CCCCC2)C2CCCCC2)CC1.C1CCC(P(C2CCCCC2)C2CCCCC2)CC1.CC(C)C=[C]=[Ru]([Cl])[Cl]. The van der Waals surface area contributed by atoms with Gasteiger partial charge in [-0.2, -0.15) is 0 Å². The molecule has 6 fully saturated rings. The second kappa shape index (κ2) is 24.0. The van der Waals surface area contributed by atoms with Gasteiger partial charge in [-0.1, -0.05) is 131 Å². The number of allylic oxidation sites excluding steroid dienone is 1. The third-order valence-electron chi connectivity index (χ3n) is 12.4. The summed E-state index contributed by atoms with van der Waals surface area (Å²) in [5.41, 5.74) is 7.14. The molecule has 0 saturated heterocycles. The Morgan fingerprint density at radius 3 is 0.739 bits per heavy atom. The molecule has 0 aliphatic heterocycles. The summed E-state index contributed by atoms with van der Waals surface area (Å²) in [6, 6.07) is 0. The van der Waals surface area contributed by atoms with Crippen LogP contribution in [0.1, 0.15) is 206 Å². The summed E-state index contributed by atoms with van der Waals surface area (Å²) in [5, 5.41) is 0. The predicted octanol–water partition coefficient (Wildman–Crippen LogP) is 15.5. The molecule has 0 amide bonds. The summed E-state index contributed by atoms with van der Waals surface area (Å²) in [6.07, 6.45) is 49.2. The maximum atomic E-state index is 5.49. The second-order valence-electron chi connectivity index (χ2n) is 16.3. The monoisotopic (exact) mass is 800 g/mol. The molecule has 270 valence electrons. The van der Waals surface area contributed by atoms with Gasteiger partial charge in [-0.15, -0.1) is 0 Å². The minimum atomic E-state index is -1.62. The first-order valence-electron chi connectivity index (χ1n) is 20.7. The van der Waals surface area contributed by atoms with Crippen LogP contribution in [-0.4, -0.2) is 38.2 Å². The van der Waals surface area contributed by atoms with Gasteiger partial charge >= 0.3 is 63.0 Å². The van der Waals surface area contributed by atoms with Crippen LogP contribution in [-0.2, 0) is 13.5 Å². The van der Waals surface area contributed by atoms with Crippen molar-refractivity contribution >= 4 is 39.5 Å². The Balaban J connectivity index is 0.000000170. The molecule has 46 heavy (non-hydrogen) atoms. The van der Waals surface area contributed by atoms with Crippen LogP contribution in [0, 0.1) is 5.92 Å². The zero-order valence-electron chi connectivity index (χ0n) is 30.3. The number of halogens is 2. The average Bonchev–Trinajstić information content (AvgIpc) is 3.11. The molecule has 0 nitrogen and oxygen atoms in total. The standard InChI is InChI=1S/2C18H33P.C5H8.2ClH.Ru/c2*1-4-10-16(11-5-1)19(17-12-6-2-7-13-17)18-14-8-3-9-15-18;1-4-5(2)3;;;/h2*16-18H,1-15H2;4-5H,2-3H3;2*1H;/q;;;;;+2/p-2. The van der Waals surface area contributed by atoms with Crippen molar-refractivity contribution in [1.82, 2.24) is 0 Å². The number of rotatable bonds is 7. The quantitative estimate of drug-likeness (QED) is 0.178. The first-order valence-corrected chi connectivity index (χ1v) is 29.1. The average molecular weight is 801 g/mol. The summed E-state index contributed by atoms with van der Waals surface area (Å²) in [7, 11) is 11.7. The van der Waals surface area contributed by atoms with Crippen LogP contribution in [0.15, 0.2) is 6.08 Å². The summed E-state index contributed by atoms with van der Waals surface area (Å²) in [4.78, 5) is 0. The van der Waals surface area contributed by atoms with E-state index in [1.807, 2.05) is 6.08 Å². The van der Waals surface area contributed by atoms with Gasteiger partial charge < -0.3 is 0 Å². The molecule has 0 atom stereocenters. The van der Waals surface area contributed by atoms with Crippen molar-refractivity contribution in [1.29, 1.82) is 0 Å². The molecule has 0 spiro atoms. The van der Waals surface area contributed by atoms with E-state index in [-0.39, 0.29) is 0 Å². The van der Waals surface area contributed by atoms with E-state index in [9.17, 15) is 0 Å². The van der Waals surface area contributed by atoms with E-state index >= 15 is 0 Å². The number of hydrogen-bond acceptors (Lipinski definition) is 0. The van der Waals surface area contributed by atoms with Crippen molar-refractivity contribution < 1.29 is 13.5 Å². The number of hydrogen-bond donors (Lipinski definition) is 0. The molecular formula is C41H74Cl2P2Ru. The first-order chi connectivity index (χ1) is 22.5. The summed E-state index contributed by atoms with van der Waals surface area (Å²) >= 11 is -1.62. The van der Waals surface area contributed by atoms with Crippen molar-refractivity contribution in [3.05, 3.63) is 6.08 Å². The van der Waals surface area contributed by atoms with Crippen molar-refractivity contribution in [2.75, 3.05) is 0 Å². The second-order valence-corrected chi connectivity index (χ2v) is 27.9. The molecule has 0 aromatic heterocycles. The van der Waals surface area contributed by atoms with Gasteiger partial charge in [0.25, 0.3) is 0 Å². The Hall–Kier alpha value is 1.71. The van der Waals surface area contributed by atoms with Crippen LogP contribution in [0.3, 0.4) is 0 Å². The molecule has 6 aliphatic carbocycles. The van der Waals surface area contributed by atoms with Crippen molar-refractivity contribution in [3.8, 4) is 0 Å². The van der Waals surface area contributed by atoms with Gasteiger partial charge in [0.05, 0.1) is 0 Å². The van der Waals surface area contributed by atoms with Gasteiger partial charge in [0.2, 0.25) is 0 Å². The summed E-state index contributed by atoms with van der Waals surface area (Å²) < 4.78 is 2.89. The maximum absolute atomic E-state index is 5.49. The van der Waals surface area contributed by atoms with E-state index in [0.29, 0.717) is 21.8 Å². The molecule has 0 bridgehead atoms. The molecule has 0 aromatic rings. The topological polar surface area (TPSA) is 0 Å². The molecule has 0 radical (unpaired) electrons. The Bertz CT molecular complexity index is 693. The molecule has 0 unspecified atom stereocenters. The Morgan fingerprint density at radius 1 is 0.413 bits per heavy atom. The molecular weight excluding hydrogens is 726 g/mol. The summed E-state index contributed by atoms with van der Waals surface area (Å²) in [6.45, 7) is 4.14. The fourth-order valence-electron chi connectivity index (χ4n) is 10.2. The van der Waals surface area contributed by atoms with Crippen molar-refractivity contribution in [2.45, 2.75) is 240 Å². The van der Waals surface area contributed by atoms with Crippen LogP contribution in [0.5, 0.6) is 0 Å². The normalized spacial score (nSPS) is 25.8. The van der Waals surface area contributed by atoms with Gasteiger partial charge in [0.15, 0.2) is 0 Å². The van der Waals surface area contributed by atoms with E-state index in [0.717, 1.165) is 0 Å². The van der Waals surface area contributed by atoms with Gasteiger partial charge in [-0.25, -0.2) is 0 Å². The van der Waals surface area contributed by atoms with Crippen LogP contribution in [0.4, 0.5) is 0 Å². The van der Waals surface area contributed by atoms with E-state index in [1.54, 1.807) is 154 Å². The molecule has 0 aromatic carbocycles. The van der Waals surface area contributed by atoms with Crippen molar-refractivity contribution in [3.63, 3.8) is 0 Å². The van der Waals surface area contributed by atoms with Crippen LogP contribution < -0.4 is 0 Å². The zero-order valence-corrected chi connectivity index (χ0v) is 35.4. The van der Waals surface area contributed by atoms with E-state index in [1.165, 1.54) is 72.5 Å². The van der Waals surface area contributed by atoms with E-state index in [2.05, 4.69) is 18.1 Å². The summed E-state index contributed by atoms with van der Waals surface area (Å²) in [5.74, 6) is 0.517. The minimum absolute atomic E-state index is 0.385.